The Morgan fingerprint density at radius 3 is 2.62 bits per heavy atom. The SMILES string of the molecule is Nc1c(F)cccc1C(=O)NC(CO)CO. The Morgan fingerprint density at radius 2 is 2.06 bits per heavy atom. The van der Waals surface area contributed by atoms with Crippen molar-refractivity contribution in [3.63, 3.8) is 0 Å². The van der Waals surface area contributed by atoms with Crippen molar-refractivity contribution >= 4 is 11.6 Å². The lowest BCUT2D eigenvalue weighted by Gasteiger charge is -2.14. The summed E-state index contributed by atoms with van der Waals surface area (Å²) in [5, 5.41) is 19.8. The lowest BCUT2D eigenvalue weighted by Crippen LogP contribution is -2.40. The molecule has 1 amide bonds. The number of amides is 1. The van der Waals surface area contributed by atoms with Crippen molar-refractivity contribution < 1.29 is 19.4 Å². The van der Waals surface area contributed by atoms with Crippen LogP contribution in [0.4, 0.5) is 10.1 Å². The summed E-state index contributed by atoms with van der Waals surface area (Å²) in [5.41, 5.74) is 5.10. The molecule has 6 heteroatoms. The summed E-state index contributed by atoms with van der Waals surface area (Å²) in [6, 6.07) is 3.07. The molecule has 16 heavy (non-hydrogen) atoms. The lowest BCUT2D eigenvalue weighted by molar-refractivity contribution is 0.0880. The van der Waals surface area contributed by atoms with Gasteiger partial charge in [-0.05, 0) is 12.1 Å². The molecule has 5 nitrogen and oxygen atoms in total. The van der Waals surface area contributed by atoms with E-state index in [4.69, 9.17) is 15.9 Å². The van der Waals surface area contributed by atoms with Gasteiger partial charge in [0, 0.05) is 0 Å². The van der Waals surface area contributed by atoms with Gasteiger partial charge in [-0.1, -0.05) is 6.07 Å². The maximum atomic E-state index is 13.0. The molecule has 0 saturated heterocycles. The molecule has 1 rings (SSSR count). The highest BCUT2D eigenvalue weighted by Crippen LogP contribution is 2.15. The first-order chi connectivity index (χ1) is 7.60. The van der Waals surface area contributed by atoms with Crippen LogP contribution >= 0.6 is 0 Å². The summed E-state index contributed by atoms with van der Waals surface area (Å²) in [7, 11) is 0. The molecule has 1 aromatic rings. The van der Waals surface area contributed by atoms with Crippen LogP contribution < -0.4 is 11.1 Å². The predicted molar refractivity (Wildman–Crippen MR) is 56.2 cm³/mol. The number of hydrogen-bond donors (Lipinski definition) is 4. The number of anilines is 1. The van der Waals surface area contributed by atoms with Gasteiger partial charge >= 0.3 is 0 Å². The number of benzene rings is 1. The standard InChI is InChI=1S/C10H13FN2O3/c11-8-3-1-2-7(9(8)12)10(16)13-6(4-14)5-15/h1-3,6,14-15H,4-5,12H2,(H,13,16). The number of aliphatic hydroxyl groups is 2. The van der Waals surface area contributed by atoms with E-state index in [1.807, 2.05) is 0 Å². The lowest BCUT2D eigenvalue weighted by atomic mass is 10.1. The Morgan fingerprint density at radius 1 is 1.44 bits per heavy atom. The second kappa shape index (κ2) is 5.43. The second-order valence-corrected chi connectivity index (χ2v) is 3.24. The second-order valence-electron chi connectivity index (χ2n) is 3.24. The molecule has 0 fully saturated rings. The predicted octanol–water partition coefficient (Wildman–Crippen LogP) is -0.509. The molecular formula is C10H13FN2O3. The summed E-state index contributed by atoms with van der Waals surface area (Å²) < 4.78 is 13.0. The summed E-state index contributed by atoms with van der Waals surface area (Å²) in [6.07, 6.45) is 0. The topological polar surface area (TPSA) is 95.6 Å². The first-order valence-electron chi connectivity index (χ1n) is 4.66. The van der Waals surface area contributed by atoms with Gasteiger partial charge in [0.25, 0.3) is 5.91 Å². The third-order valence-electron chi connectivity index (χ3n) is 2.07. The van der Waals surface area contributed by atoms with Crippen molar-refractivity contribution in [3.05, 3.63) is 29.6 Å². The number of nitrogens with one attached hydrogen (secondary N) is 1. The van der Waals surface area contributed by atoms with E-state index in [9.17, 15) is 9.18 Å². The summed E-state index contributed by atoms with van der Waals surface area (Å²) in [4.78, 5) is 11.6. The van der Waals surface area contributed by atoms with Crippen LogP contribution in [0, 0.1) is 5.82 Å². The minimum atomic E-state index is -0.782. The highest BCUT2D eigenvalue weighted by atomic mass is 19.1. The van der Waals surface area contributed by atoms with Gasteiger partial charge in [-0.15, -0.1) is 0 Å². The molecular weight excluding hydrogens is 215 g/mol. The average Bonchev–Trinajstić information content (AvgIpc) is 2.29. The van der Waals surface area contributed by atoms with Gasteiger partial charge in [-0.25, -0.2) is 4.39 Å². The number of nitrogen functional groups attached to an aromatic ring is 1. The molecule has 1 aromatic carbocycles. The van der Waals surface area contributed by atoms with Gasteiger partial charge in [0.1, 0.15) is 5.82 Å². The first kappa shape index (κ1) is 12.4. The quantitative estimate of drug-likeness (QED) is 0.522. The molecule has 0 aliphatic carbocycles. The van der Waals surface area contributed by atoms with Crippen LogP contribution in [0.15, 0.2) is 18.2 Å². The fourth-order valence-corrected chi connectivity index (χ4v) is 1.15. The Kier molecular flexibility index (Phi) is 4.21. The summed E-state index contributed by atoms with van der Waals surface area (Å²) in [6.45, 7) is -0.811. The van der Waals surface area contributed by atoms with Crippen molar-refractivity contribution in [3.8, 4) is 0 Å². The van der Waals surface area contributed by atoms with E-state index in [0.717, 1.165) is 6.07 Å². The van der Waals surface area contributed by atoms with E-state index < -0.39 is 31.0 Å². The van der Waals surface area contributed by atoms with Gasteiger partial charge in [-0.2, -0.15) is 0 Å². The number of para-hydroxylation sites is 1. The third kappa shape index (κ3) is 2.68. The molecule has 5 N–H and O–H groups in total. The molecule has 0 radical (unpaired) electrons. The molecule has 0 heterocycles. The van der Waals surface area contributed by atoms with Gasteiger partial charge in [0.05, 0.1) is 30.5 Å². The van der Waals surface area contributed by atoms with E-state index in [0.29, 0.717) is 0 Å². The number of halogens is 1. The number of carbonyl (C=O) groups excluding carboxylic acids is 1. The highest BCUT2D eigenvalue weighted by molar-refractivity contribution is 5.99. The molecule has 0 aliphatic heterocycles. The summed E-state index contributed by atoms with van der Waals surface area (Å²) in [5.74, 6) is -1.32. The van der Waals surface area contributed by atoms with E-state index >= 15 is 0 Å². The van der Waals surface area contributed by atoms with E-state index in [1.165, 1.54) is 12.1 Å². The fraction of sp³-hybridized carbons (Fsp3) is 0.300. The van der Waals surface area contributed by atoms with Crippen LogP contribution in [0.1, 0.15) is 10.4 Å². The van der Waals surface area contributed by atoms with Crippen LogP contribution in [-0.2, 0) is 0 Å². The third-order valence-corrected chi connectivity index (χ3v) is 2.07. The van der Waals surface area contributed by atoms with Crippen LogP contribution in [-0.4, -0.2) is 35.4 Å². The molecule has 0 aliphatic rings. The maximum Gasteiger partial charge on any atom is 0.253 e. The molecule has 0 saturated carbocycles. The van der Waals surface area contributed by atoms with Gasteiger partial charge in [0.2, 0.25) is 0 Å². The zero-order chi connectivity index (χ0) is 12.1. The normalized spacial score (nSPS) is 10.5. The minimum Gasteiger partial charge on any atom is -0.396 e. The highest BCUT2D eigenvalue weighted by Gasteiger charge is 2.15. The molecule has 0 atom stereocenters. The maximum absolute atomic E-state index is 13.0. The number of hydrogen-bond acceptors (Lipinski definition) is 4. The van der Waals surface area contributed by atoms with Crippen molar-refractivity contribution in [2.45, 2.75) is 6.04 Å². The van der Waals surface area contributed by atoms with Crippen molar-refractivity contribution in [2.75, 3.05) is 18.9 Å². The number of aliphatic hydroxyl groups excluding tert-OH is 2. The van der Waals surface area contributed by atoms with E-state index in [2.05, 4.69) is 5.32 Å². The number of carbonyl (C=O) groups is 1. The van der Waals surface area contributed by atoms with Gasteiger partial charge in [0.15, 0.2) is 0 Å². The smallest absolute Gasteiger partial charge is 0.253 e. The van der Waals surface area contributed by atoms with Gasteiger partial charge in [-0.3, -0.25) is 4.79 Å². The van der Waals surface area contributed by atoms with Gasteiger partial charge < -0.3 is 21.3 Å². The first-order valence-corrected chi connectivity index (χ1v) is 4.66. The van der Waals surface area contributed by atoms with Crippen LogP contribution in [0.2, 0.25) is 0 Å². The van der Waals surface area contributed by atoms with E-state index in [1.54, 1.807) is 0 Å². The molecule has 0 bridgehead atoms. The Balaban J connectivity index is 2.84. The van der Waals surface area contributed by atoms with Crippen molar-refractivity contribution in [1.29, 1.82) is 0 Å². The van der Waals surface area contributed by atoms with Crippen molar-refractivity contribution in [2.24, 2.45) is 0 Å². The van der Waals surface area contributed by atoms with Crippen molar-refractivity contribution in [1.82, 2.24) is 5.32 Å². The molecule has 88 valence electrons. The number of nitrogens with two attached hydrogens (primary N) is 1. The average molecular weight is 228 g/mol. The Labute approximate surface area is 91.7 Å². The molecule has 0 aromatic heterocycles. The van der Waals surface area contributed by atoms with Crippen LogP contribution in [0.3, 0.4) is 0 Å². The largest absolute Gasteiger partial charge is 0.396 e. The molecule has 0 unspecified atom stereocenters. The Bertz CT molecular complexity index is 380. The Hall–Kier alpha value is -1.66. The zero-order valence-corrected chi connectivity index (χ0v) is 8.48. The monoisotopic (exact) mass is 228 g/mol. The van der Waals surface area contributed by atoms with Crippen LogP contribution in [0.25, 0.3) is 0 Å². The number of rotatable bonds is 4. The van der Waals surface area contributed by atoms with E-state index in [-0.39, 0.29) is 11.3 Å². The summed E-state index contributed by atoms with van der Waals surface area (Å²) >= 11 is 0. The minimum absolute atomic E-state index is 0.0214. The van der Waals surface area contributed by atoms with Crippen LogP contribution in [0.5, 0.6) is 0 Å². The molecule has 0 spiro atoms. The fourth-order valence-electron chi connectivity index (χ4n) is 1.15. The zero-order valence-electron chi connectivity index (χ0n) is 8.48.